The van der Waals surface area contributed by atoms with Crippen LogP contribution in [0.15, 0.2) is 58.3 Å². The molecule has 0 aliphatic heterocycles. The summed E-state index contributed by atoms with van der Waals surface area (Å²) in [5.41, 5.74) is 0.488. The van der Waals surface area contributed by atoms with Crippen molar-refractivity contribution in [1.82, 2.24) is 9.55 Å². The summed E-state index contributed by atoms with van der Waals surface area (Å²) in [5, 5.41) is 2.84. The standard InChI is InChI=1S/C23H25N3O5/c1-23(2,3)18-13-15(26-10-9-19(27)25-22(26)29)12-17(20(18)31-5)21(28)24-14-7-6-8-16(11-14)30-4/h6-13H,1-5H3,(H,24,28)(H,25,27,29). The zero-order chi connectivity index (χ0) is 22.8. The van der Waals surface area contributed by atoms with Gasteiger partial charge in [0.25, 0.3) is 11.5 Å². The minimum Gasteiger partial charge on any atom is -0.497 e. The molecule has 31 heavy (non-hydrogen) atoms. The van der Waals surface area contributed by atoms with Crippen LogP contribution < -0.4 is 26.0 Å². The van der Waals surface area contributed by atoms with E-state index in [1.807, 2.05) is 20.8 Å². The lowest BCUT2D eigenvalue weighted by Crippen LogP contribution is -2.28. The summed E-state index contributed by atoms with van der Waals surface area (Å²) in [5.74, 6) is 0.609. The van der Waals surface area contributed by atoms with Crippen molar-refractivity contribution in [1.29, 1.82) is 0 Å². The van der Waals surface area contributed by atoms with Gasteiger partial charge in [-0.3, -0.25) is 19.1 Å². The Balaban J connectivity index is 2.18. The number of nitrogens with zero attached hydrogens (tertiary/aromatic N) is 1. The third-order valence-electron chi connectivity index (χ3n) is 4.76. The maximum atomic E-state index is 13.2. The van der Waals surface area contributed by atoms with Gasteiger partial charge in [0.1, 0.15) is 11.5 Å². The summed E-state index contributed by atoms with van der Waals surface area (Å²) in [6.45, 7) is 5.94. The highest BCUT2D eigenvalue weighted by molar-refractivity contribution is 6.07. The Morgan fingerprint density at radius 3 is 2.39 bits per heavy atom. The van der Waals surface area contributed by atoms with Crippen LogP contribution in [0.4, 0.5) is 5.69 Å². The van der Waals surface area contributed by atoms with Gasteiger partial charge in [0.05, 0.1) is 25.5 Å². The predicted octanol–water partition coefficient (Wildman–Crippen LogP) is 3.09. The van der Waals surface area contributed by atoms with E-state index in [2.05, 4.69) is 10.3 Å². The molecule has 1 heterocycles. The summed E-state index contributed by atoms with van der Waals surface area (Å²) < 4.78 is 12.1. The minimum atomic E-state index is -0.600. The third kappa shape index (κ3) is 4.69. The second kappa shape index (κ2) is 8.51. The second-order valence-electron chi connectivity index (χ2n) is 7.99. The van der Waals surface area contributed by atoms with Gasteiger partial charge < -0.3 is 14.8 Å². The first kappa shape index (κ1) is 21.9. The number of H-pyrrole nitrogens is 1. The summed E-state index contributed by atoms with van der Waals surface area (Å²) in [7, 11) is 3.05. The molecule has 0 saturated carbocycles. The molecule has 162 valence electrons. The first-order valence-electron chi connectivity index (χ1n) is 9.64. The topological polar surface area (TPSA) is 102 Å². The van der Waals surface area contributed by atoms with Crippen molar-refractivity contribution >= 4 is 11.6 Å². The molecule has 2 aromatic carbocycles. The number of nitrogens with one attached hydrogen (secondary N) is 2. The maximum Gasteiger partial charge on any atom is 0.332 e. The molecule has 0 unspecified atom stereocenters. The van der Waals surface area contributed by atoms with Gasteiger partial charge in [-0.15, -0.1) is 0 Å². The van der Waals surface area contributed by atoms with Gasteiger partial charge in [-0.25, -0.2) is 4.79 Å². The Bertz CT molecular complexity index is 1230. The molecule has 0 radical (unpaired) electrons. The number of aromatic amines is 1. The van der Waals surface area contributed by atoms with Gasteiger partial charge in [0.15, 0.2) is 0 Å². The van der Waals surface area contributed by atoms with Crippen LogP contribution in [0.1, 0.15) is 36.7 Å². The van der Waals surface area contributed by atoms with E-state index in [1.165, 1.54) is 23.9 Å². The van der Waals surface area contributed by atoms with Crippen LogP contribution in [0, 0.1) is 0 Å². The van der Waals surface area contributed by atoms with Crippen LogP contribution in [-0.2, 0) is 5.41 Å². The van der Waals surface area contributed by atoms with E-state index in [0.29, 0.717) is 22.9 Å². The number of amides is 1. The van der Waals surface area contributed by atoms with Gasteiger partial charge in [0.2, 0.25) is 0 Å². The molecule has 8 nitrogen and oxygen atoms in total. The minimum absolute atomic E-state index is 0.255. The van der Waals surface area contributed by atoms with Crippen molar-refractivity contribution in [2.45, 2.75) is 26.2 Å². The van der Waals surface area contributed by atoms with Crippen LogP contribution in [0.3, 0.4) is 0 Å². The first-order valence-corrected chi connectivity index (χ1v) is 9.64. The molecule has 0 saturated heterocycles. The lowest BCUT2D eigenvalue weighted by molar-refractivity contribution is 0.102. The van der Waals surface area contributed by atoms with Gasteiger partial charge in [0, 0.05) is 29.6 Å². The summed E-state index contributed by atoms with van der Waals surface area (Å²) in [6, 6.07) is 11.6. The number of benzene rings is 2. The number of aromatic nitrogens is 2. The molecule has 1 aromatic heterocycles. The van der Waals surface area contributed by atoms with Gasteiger partial charge in [-0.2, -0.15) is 0 Å². The molecular weight excluding hydrogens is 398 g/mol. The number of ether oxygens (including phenoxy) is 2. The van der Waals surface area contributed by atoms with Crippen molar-refractivity contribution < 1.29 is 14.3 Å². The largest absolute Gasteiger partial charge is 0.497 e. The summed E-state index contributed by atoms with van der Waals surface area (Å²) >= 11 is 0. The van der Waals surface area contributed by atoms with Crippen LogP contribution in [-0.4, -0.2) is 29.7 Å². The Kier molecular flexibility index (Phi) is 6.01. The van der Waals surface area contributed by atoms with E-state index in [1.54, 1.807) is 43.5 Å². The molecule has 1 amide bonds. The molecule has 0 aliphatic rings. The highest BCUT2D eigenvalue weighted by atomic mass is 16.5. The number of methoxy groups -OCH3 is 2. The zero-order valence-corrected chi connectivity index (χ0v) is 18.1. The van der Waals surface area contributed by atoms with Crippen LogP contribution in [0.2, 0.25) is 0 Å². The van der Waals surface area contributed by atoms with Gasteiger partial charge in [-0.1, -0.05) is 26.8 Å². The number of carbonyl (C=O) groups is 1. The molecule has 8 heteroatoms. The summed E-state index contributed by atoms with van der Waals surface area (Å²) in [4.78, 5) is 39.3. The summed E-state index contributed by atoms with van der Waals surface area (Å²) in [6.07, 6.45) is 1.37. The fourth-order valence-corrected chi connectivity index (χ4v) is 3.22. The van der Waals surface area contributed by atoms with E-state index in [9.17, 15) is 14.4 Å². The predicted molar refractivity (Wildman–Crippen MR) is 119 cm³/mol. The van der Waals surface area contributed by atoms with Crippen LogP contribution in [0.25, 0.3) is 5.69 Å². The number of carbonyl (C=O) groups excluding carboxylic acids is 1. The second-order valence-corrected chi connectivity index (χ2v) is 7.99. The van der Waals surface area contributed by atoms with Crippen molar-refractivity contribution in [2.75, 3.05) is 19.5 Å². The number of hydrogen-bond donors (Lipinski definition) is 2. The maximum absolute atomic E-state index is 13.2. The average Bonchev–Trinajstić information content (AvgIpc) is 2.72. The number of rotatable bonds is 5. The number of hydrogen-bond acceptors (Lipinski definition) is 5. The average molecular weight is 423 g/mol. The highest BCUT2D eigenvalue weighted by Gasteiger charge is 2.26. The van der Waals surface area contributed by atoms with Crippen LogP contribution in [0.5, 0.6) is 11.5 Å². The van der Waals surface area contributed by atoms with Gasteiger partial charge in [-0.05, 0) is 29.7 Å². The SMILES string of the molecule is COc1cccc(NC(=O)c2cc(-n3ccc(=O)[nH]c3=O)cc(C(C)(C)C)c2OC)c1. The molecule has 3 rings (SSSR count). The zero-order valence-electron chi connectivity index (χ0n) is 18.1. The van der Waals surface area contributed by atoms with Crippen molar-refractivity contribution in [3.8, 4) is 17.2 Å². The lowest BCUT2D eigenvalue weighted by atomic mass is 9.84. The molecule has 0 bridgehead atoms. The Hall–Kier alpha value is -3.81. The van der Waals surface area contributed by atoms with Crippen LogP contribution >= 0.6 is 0 Å². The first-order chi connectivity index (χ1) is 14.6. The normalized spacial score (nSPS) is 11.1. The van der Waals surface area contributed by atoms with Crippen molar-refractivity contribution in [2.24, 2.45) is 0 Å². The van der Waals surface area contributed by atoms with E-state index >= 15 is 0 Å². The molecule has 0 atom stereocenters. The molecule has 3 aromatic rings. The van der Waals surface area contributed by atoms with Gasteiger partial charge >= 0.3 is 5.69 Å². The van der Waals surface area contributed by atoms with Crippen molar-refractivity contribution in [3.63, 3.8) is 0 Å². The fraction of sp³-hybridized carbons (Fsp3) is 0.261. The Labute approximate surface area is 179 Å². The quantitative estimate of drug-likeness (QED) is 0.657. The molecular formula is C23H25N3O5. The monoisotopic (exact) mass is 423 g/mol. The Morgan fingerprint density at radius 1 is 1.03 bits per heavy atom. The molecule has 0 spiro atoms. The number of anilines is 1. The third-order valence-corrected chi connectivity index (χ3v) is 4.76. The van der Waals surface area contributed by atoms with E-state index in [0.717, 1.165) is 5.56 Å². The fourth-order valence-electron chi connectivity index (χ4n) is 3.22. The Morgan fingerprint density at radius 2 is 1.77 bits per heavy atom. The smallest absolute Gasteiger partial charge is 0.332 e. The molecule has 2 N–H and O–H groups in total. The van der Waals surface area contributed by atoms with E-state index < -0.39 is 22.6 Å². The van der Waals surface area contributed by atoms with E-state index in [-0.39, 0.29) is 5.56 Å². The molecule has 0 aliphatic carbocycles. The van der Waals surface area contributed by atoms with E-state index in [4.69, 9.17) is 9.47 Å². The molecule has 0 fully saturated rings. The lowest BCUT2D eigenvalue weighted by Gasteiger charge is -2.25. The van der Waals surface area contributed by atoms with Crippen molar-refractivity contribution in [3.05, 3.63) is 80.6 Å². The highest BCUT2D eigenvalue weighted by Crippen LogP contribution is 2.36.